The topological polar surface area (TPSA) is 63.2 Å². The number of Topliss-reactive ketones (excluding diaryl/α,β-unsaturated/α-hetero) is 1. The molecule has 0 unspecified atom stereocenters. The third kappa shape index (κ3) is 4.74. The largest absolute Gasteiger partial charge is 0.293 e. The Labute approximate surface area is 132 Å². The molecule has 0 aliphatic rings. The van der Waals surface area contributed by atoms with Gasteiger partial charge in [-0.05, 0) is 48.5 Å². The van der Waals surface area contributed by atoms with Crippen LogP contribution in [0.25, 0.3) is 0 Å². The van der Waals surface area contributed by atoms with Crippen molar-refractivity contribution in [2.45, 2.75) is 0 Å². The molecule has 21 heavy (non-hydrogen) atoms. The first-order valence-corrected chi connectivity index (χ1v) is 8.31. The molecule has 0 saturated carbocycles. The quantitative estimate of drug-likeness (QED) is 0.843. The van der Waals surface area contributed by atoms with Gasteiger partial charge in [0.2, 0.25) is 10.0 Å². The van der Waals surface area contributed by atoms with Gasteiger partial charge >= 0.3 is 0 Å². The summed E-state index contributed by atoms with van der Waals surface area (Å²) in [5.41, 5.74) is 0.643. The molecule has 110 valence electrons. The summed E-state index contributed by atoms with van der Waals surface area (Å²) < 4.78 is 26.2. The van der Waals surface area contributed by atoms with E-state index in [1.807, 2.05) is 0 Å². The Morgan fingerprint density at radius 2 is 1.38 bits per heavy atom. The molecule has 0 bridgehead atoms. The molecular weight excluding hydrogens is 333 g/mol. The number of ketones is 1. The van der Waals surface area contributed by atoms with E-state index >= 15 is 0 Å². The van der Waals surface area contributed by atoms with Crippen LogP contribution in [-0.2, 0) is 10.0 Å². The van der Waals surface area contributed by atoms with Gasteiger partial charge in [0, 0.05) is 21.3 Å². The van der Waals surface area contributed by atoms with Gasteiger partial charge in [0.05, 0.1) is 0 Å². The Kier molecular flexibility index (Phi) is 4.88. The lowest BCUT2D eigenvalue weighted by atomic mass is 10.1. The van der Waals surface area contributed by atoms with Crippen molar-refractivity contribution in [1.29, 1.82) is 0 Å². The lowest BCUT2D eigenvalue weighted by Gasteiger charge is -2.07. The van der Waals surface area contributed by atoms with Gasteiger partial charge < -0.3 is 0 Å². The van der Waals surface area contributed by atoms with Gasteiger partial charge in [0.25, 0.3) is 0 Å². The fourth-order valence-corrected chi connectivity index (χ4v) is 2.96. The summed E-state index contributed by atoms with van der Waals surface area (Å²) in [4.78, 5) is 11.9. The molecule has 0 heterocycles. The highest BCUT2D eigenvalue weighted by Gasteiger charge is 2.18. The maximum absolute atomic E-state index is 11.9. The molecule has 7 heteroatoms. The van der Waals surface area contributed by atoms with E-state index in [1.54, 1.807) is 12.1 Å². The lowest BCUT2D eigenvalue weighted by Crippen LogP contribution is -2.22. The van der Waals surface area contributed by atoms with Crippen LogP contribution in [0.2, 0.25) is 10.0 Å². The number of nitrogens with one attached hydrogen (secondary N) is 1. The number of rotatable bonds is 5. The molecule has 0 fully saturated rings. The summed E-state index contributed by atoms with van der Waals surface area (Å²) in [6.07, 6.45) is 0. The van der Waals surface area contributed by atoms with E-state index in [0.717, 1.165) is 0 Å². The molecule has 0 aromatic heterocycles. The third-order valence-corrected chi connectivity index (χ3v) is 4.30. The molecule has 0 amide bonds. The summed E-state index contributed by atoms with van der Waals surface area (Å²) in [7, 11) is -3.78. The minimum atomic E-state index is -3.78. The fraction of sp³-hybridized carbons (Fsp3) is 0.0714. The van der Waals surface area contributed by atoms with Crippen LogP contribution in [0.4, 0.5) is 5.69 Å². The van der Waals surface area contributed by atoms with Crippen molar-refractivity contribution in [2.24, 2.45) is 0 Å². The van der Waals surface area contributed by atoms with Gasteiger partial charge in [-0.25, -0.2) is 8.42 Å². The van der Waals surface area contributed by atoms with Crippen molar-refractivity contribution in [1.82, 2.24) is 0 Å². The maximum Gasteiger partial charge on any atom is 0.240 e. The number of sulfonamides is 1. The minimum Gasteiger partial charge on any atom is -0.293 e. The summed E-state index contributed by atoms with van der Waals surface area (Å²) in [6.45, 7) is 0. The van der Waals surface area contributed by atoms with Crippen LogP contribution in [0.1, 0.15) is 10.4 Å². The van der Waals surface area contributed by atoms with Crippen LogP contribution in [0.5, 0.6) is 0 Å². The van der Waals surface area contributed by atoms with Gasteiger partial charge in [-0.2, -0.15) is 0 Å². The first-order valence-electron chi connectivity index (χ1n) is 5.90. The first kappa shape index (κ1) is 15.8. The molecule has 0 radical (unpaired) electrons. The van der Waals surface area contributed by atoms with E-state index in [1.165, 1.54) is 36.4 Å². The zero-order chi connectivity index (χ0) is 15.5. The highest BCUT2D eigenvalue weighted by atomic mass is 35.5. The van der Waals surface area contributed by atoms with Crippen molar-refractivity contribution >= 4 is 44.7 Å². The zero-order valence-electron chi connectivity index (χ0n) is 10.7. The Balaban J connectivity index is 2.08. The molecule has 0 aliphatic heterocycles. The van der Waals surface area contributed by atoms with Crippen molar-refractivity contribution in [2.75, 3.05) is 10.5 Å². The summed E-state index contributed by atoms with van der Waals surface area (Å²) >= 11 is 11.4. The highest BCUT2D eigenvalue weighted by Crippen LogP contribution is 2.16. The molecule has 2 aromatic rings. The van der Waals surface area contributed by atoms with Gasteiger partial charge in [-0.15, -0.1) is 0 Å². The number of hydrogen-bond donors (Lipinski definition) is 1. The number of carbonyl (C=O) groups is 1. The summed E-state index contributed by atoms with van der Waals surface area (Å²) in [5, 5.41) is 0.976. The van der Waals surface area contributed by atoms with E-state index in [-0.39, 0.29) is 0 Å². The van der Waals surface area contributed by atoms with Crippen molar-refractivity contribution in [3.63, 3.8) is 0 Å². The Morgan fingerprint density at radius 1 is 0.905 bits per heavy atom. The van der Waals surface area contributed by atoms with E-state index in [9.17, 15) is 13.2 Å². The van der Waals surface area contributed by atoms with Crippen LogP contribution in [0.3, 0.4) is 0 Å². The van der Waals surface area contributed by atoms with Gasteiger partial charge in [-0.1, -0.05) is 23.2 Å². The van der Waals surface area contributed by atoms with Crippen LogP contribution in [0, 0.1) is 0 Å². The molecule has 0 saturated heterocycles. The number of halogens is 2. The molecule has 0 spiro atoms. The van der Waals surface area contributed by atoms with E-state index in [4.69, 9.17) is 23.2 Å². The van der Waals surface area contributed by atoms with Crippen LogP contribution < -0.4 is 4.72 Å². The minimum absolute atomic E-state index is 0.292. The van der Waals surface area contributed by atoms with Crippen LogP contribution in [0.15, 0.2) is 48.5 Å². The summed E-state index contributed by atoms with van der Waals surface area (Å²) in [5.74, 6) is -1.15. The SMILES string of the molecule is O=C(CS(=O)(=O)Nc1ccc(Cl)cc1)c1ccc(Cl)cc1. The maximum atomic E-state index is 11.9. The van der Waals surface area contributed by atoms with E-state index < -0.39 is 21.6 Å². The van der Waals surface area contributed by atoms with Crippen LogP contribution >= 0.6 is 23.2 Å². The van der Waals surface area contributed by atoms with Crippen molar-refractivity contribution in [3.8, 4) is 0 Å². The predicted octanol–water partition coefficient (Wildman–Crippen LogP) is 3.62. The molecule has 2 aromatic carbocycles. The van der Waals surface area contributed by atoms with E-state index in [0.29, 0.717) is 21.3 Å². The average Bonchev–Trinajstić information content (AvgIpc) is 2.41. The summed E-state index contributed by atoms with van der Waals surface area (Å²) in [6, 6.07) is 12.2. The third-order valence-electron chi connectivity index (χ3n) is 2.60. The smallest absolute Gasteiger partial charge is 0.240 e. The predicted molar refractivity (Wildman–Crippen MR) is 84.6 cm³/mol. The number of anilines is 1. The molecule has 0 aliphatic carbocycles. The molecule has 1 N–H and O–H groups in total. The van der Waals surface area contributed by atoms with Gasteiger partial charge in [-0.3, -0.25) is 9.52 Å². The average molecular weight is 344 g/mol. The Bertz CT molecular complexity index is 741. The monoisotopic (exact) mass is 343 g/mol. The second kappa shape index (κ2) is 6.47. The first-order chi connectivity index (χ1) is 9.85. The zero-order valence-corrected chi connectivity index (χ0v) is 13.0. The Hall–Kier alpha value is -1.56. The van der Waals surface area contributed by atoms with Gasteiger partial charge in [0.15, 0.2) is 5.78 Å². The van der Waals surface area contributed by atoms with Crippen molar-refractivity contribution in [3.05, 3.63) is 64.1 Å². The number of carbonyl (C=O) groups excluding carboxylic acids is 1. The highest BCUT2D eigenvalue weighted by molar-refractivity contribution is 7.93. The molecule has 0 atom stereocenters. The number of benzene rings is 2. The second-order valence-corrected chi connectivity index (χ2v) is 6.89. The van der Waals surface area contributed by atoms with Crippen molar-refractivity contribution < 1.29 is 13.2 Å². The molecule has 2 rings (SSSR count). The van der Waals surface area contributed by atoms with E-state index in [2.05, 4.69) is 4.72 Å². The van der Waals surface area contributed by atoms with Gasteiger partial charge in [0.1, 0.15) is 5.75 Å². The fourth-order valence-electron chi connectivity index (χ4n) is 1.63. The Morgan fingerprint density at radius 3 is 1.90 bits per heavy atom. The number of hydrogen-bond acceptors (Lipinski definition) is 3. The van der Waals surface area contributed by atoms with Crippen LogP contribution in [-0.4, -0.2) is 20.0 Å². The lowest BCUT2D eigenvalue weighted by molar-refractivity contribution is 0.102. The second-order valence-electron chi connectivity index (χ2n) is 4.30. The normalized spacial score (nSPS) is 11.1. The molecule has 4 nitrogen and oxygen atoms in total. The standard InChI is InChI=1S/C14H11Cl2NO3S/c15-11-3-1-10(2-4-11)14(18)9-21(19,20)17-13-7-5-12(16)6-8-13/h1-8,17H,9H2. The molecular formula is C14H11Cl2NO3S.